The van der Waals surface area contributed by atoms with E-state index in [2.05, 4.69) is 4.98 Å². The summed E-state index contributed by atoms with van der Waals surface area (Å²) in [6.45, 7) is 1.32. The zero-order chi connectivity index (χ0) is 31.4. The molecule has 2 N–H and O–H groups in total. The molecule has 2 heterocycles. The monoisotopic (exact) mass is 653 g/mol. The number of amides is 2. The van der Waals surface area contributed by atoms with E-state index in [-0.39, 0.29) is 28.8 Å². The highest BCUT2D eigenvalue weighted by atomic mass is 35.5. The summed E-state index contributed by atoms with van der Waals surface area (Å²) in [5.41, 5.74) is 4.63. The number of hydrogen-bond donors (Lipinski definition) is 1. The molecule has 2 aliphatic rings. The molecule has 4 aromatic rings. The number of carbonyl (C=O) groups excluding carboxylic acids is 3. The molecule has 44 heavy (non-hydrogen) atoms. The lowest BCUT2D eigenvalue weighted by molar-refractivity contribution is -0.148. The summed E-state index contributed by atoms with van der Waals surface area (Å²) >= 11 is 12.4. The molecule has 2 amide bonds. The van der Waals surface area contributed by atoms with Gasteiger partial charge in [-0.25, -0.2) is 13.4 Å². The van der Waals surface area contributed by atoms with E-state index >= 15 is 0 Å². The highest BCUT2D eigenvalue weighted by Gasteiger charge is 2.65. The molecule has 1 aliphatic heterocycles. The number of primary amides is 1. The summed E-state index contributed by atoms with van der Waals surface area (Å²) in [6.07, 6.45) is 0.590. The first kappa shape index (κ1) is 30.3. The van der Waals surface area contributed by atoms with Crippen LogP contribution in [-0.4, -0.2) is 53.2 Å². The number of nitrogens with two attached hydrogens (primary N) is 1. The van der Waals surface area contributed by atoms with Crippen LogP contribution in [0.1, 0.15) is 48.9 Å². The Balaban J connectivity index is 1.49. The maximum absolute atomic E-state index is 14.6. The number of ketones is 1. The van der Waals surface area contributed by atoms with E-state index in [0.29, 0.717) is 34.5 Å². The summed E-state index contributed by atoms with van der Waals surface area (Å²) in [6, 6.07) is 19.6. The van der Waals surface area contributed by atoms with Crippen LogP contribution >= 0.6 is 23.2 Å². The highest BCUT2D eigenvalue weighted by Crippen LogP contribution is 2.53. The Labute approximate surface area is 264 Å². The molecular weight excluding hydrogens is 625 g/mol. The molecule has 0 radical (unpaired) electrons. The SMILES string of the molecule is CC[C@H](C(=O)c1nc2ccccc2o1)C1(C(N)=O)CC(S(=O)(=O)c2ccccc2Cl)CN1C(=O)C1(c2ccc(Cl)cc2)CC1. The van der Waals surface area contributed by atoms with E-state index in [0.717, 1.165) is 0 Å². The summed E-state index contributed by atoms with van der Waals surface area (Å²) in [5.74, 6) is -3.59. The number of Topliss-reactive ketones (excluding diaryl/α,β-unsaturated/α-hetero) is 1. The quantitative estimate of drug-likeness (QED) is 0.239. The molecular formula is C32H29Cl2N3O6S. The van der Waals surface area contributed by atoms with E-state index in [1.54, 1.807) is 67.6 Å². The molecule has 9 nitrogen and oxygen atoms in total. The Morgan fingerprint density at radius 2 is 1.68 bits per heavy atom. The van der Waals surface area contributed by atoms with Gasteiger partial charge < -0.3 is 15.1 Å². The third-order valence-corrected chi connectivity index (χ3v) is 11.9. The number of oxazole rings is 1. The van der Waals surface area contributed by atoms with Crippen molar-refractivity contribution in [2.45, 2.75) is 53.7 Å². The topological polar surface area (TPSA) is 141 Å². The first-order chi connectivity index (χ1) is 21.0. The van der Waals surface area contributed by atoms with E-state index < -0.39 is 56.0 Å². The fraction of sp³-hybridized carbons (Fsp3) is 0.312. The van der Waals surface area contributed by atoms with E-state index in [9.17, 15) is 22.8 Å². The summed E-state index contributed by atoms with van der Waals surface area (Å²) in [5, 5.41) is -0.771. The number of benzene rings is 3. The van der Waals surface area contributed by atoms with Gasteiger partial charge in [-0.3, -0.25) is 14.4 Å². The molecule has 3 atom stereocenters. The van der Waals surface area contributed by atoms with Crippen LogP contribution in [0.2, 0.25) is 10.0 Å². The minimum atomic E-state index is -4.19. The maximum atomic E-state index is 14.6. The third-order valence-electron chi connectivity index (χ3n) is 9.02. The number of nitrogens with zero attached hydrogens (tertiary/aromatic N) is 2. The lowest BCUT2D eigenvalue weighted by Gasteiger charge is -2.42. The second kappa shape index (κ2) is 11.0. The number of fused-ring (bicyclic) bond motifs is 1. The Hall–Kier alpha value is -3.73. The van der Waals surface area contributed by atoms with Gasteiger partial charge in [0.1, 0.15) is 11.1 Å². The lowest BCUT2D eigenvalue weighted by atomic mass is 9.75. The smallest absolute Gasteiger partial charge is 0.264 e. The Bertz CT molecular complexity index is 1870. The van der Waals surface area contributed by atoms with Crippen molar-refractivity contribution in [2.75, 3.05) is 6.54 Å². The van der Waals surface area contributed by atoms with Crippen LogP contribution in [0.5, 0.6) is 0 Å². The van der Waals surface area contributed by atoms with Crippen molar-refractivity contribution in [3.63, 3.8) is 0 Å². The van der Waals surface area contributed by atoms with Gasteiger partial charge in [-0.15, -0.1) is 0 Å². The molecule has 2 unspecified atom stereocenters. The zero-order valence-corrected chi connectivity index (χ0v) is 26.0. The second-order valence-corrected chi connectivity index (χ2v) is 14.4. The predicted molar refractivity (Wildman–Crippen MR) is 165 cm³/mol. The number of likely N-dealkylation sites (tertiary alicyclic amines) is 1. The maximum Gasteiger partial charge on any atom is 0.264 e. The average molecular weight is 655 g/mol. The zero-order valence-electron chi connectivity index (χ0n) is 23.7. The van der Waals surface area contributed by atoms with E-state index in [1.165, 1.54) is 17.0 Å². The van der Waals surface area contributed by atoms with Crippen LogP contribution in [0, 0.1) is 5.92 Å². The van der Waals surface area contributed by atoms with Gasteiger partial charge in [0.15, 0.2) is 15.4 Å². The van der Waals surface area contributed by atoms with Gasteiger partial charge in [-0.2, -0.15) is 0 Å². The standard InChI is InChI=1S/C32H29Cl2N3O6S/c1-2-22(27(38)28-36-24-8-4-5-9-25(24)43-28)32(29(35)39)17-21(44(41,42)26-10-6-3-7-23(26)34)18-37(32)30(40)31(15-16-31)19-11-13-20(33)14-12-19/h3-14,21-22H,2,15-18H2,1H3,(H2,35,39)/t21?,22-,32?/m1/s1. The molecule has 3 aromatic carbocycles. The molecule has 0 bridgehead atoms. The summed E-state index contributed by atoms with van der Waals surface area (Å²) < 4.78 is 33.9. The van der Waals surface area contributed by atoms with Gasteiger partial charge in [-0.1, -0.05) is 66.5 Å². The van der Waals surface area contributed by atoms with Crippen LogP contribution in [0.3, 0.4) is 0 Å². The largest absolute Gasteiger partial charge is 0.434 e. The van der Waals surface area contributed by atoms with Crippen molar-refractivity contribution in [3.05, 3.63) is 94.3 Å². The Kier molecular flexibility index (Phi) is 7.58. The molecule has 6 rings (SSSR count). The molecule has 1 saturated carbocycles. The molecule has 2 fully saturated rings. The van der Waals surface area contributed by atoms with Crippen molar-refractivity contribution in [3.8, 4) is 0 Å². The molecule has 12 heteroatoms. The van der Waals surface area contributed by atoms with Crippen molar-refractivity contribution in [1.29, 1.82) is 0 Å². The van der Waals surface area contributed by atoms with Crippen LogP contribution < -0.4 is 5.73 Å². The van der Waals surface area contributed by atoms with Gasteiger partial charge in [0.05, 0.1) is 26.5 Å². The molecule has 1 aromatic heterocycles. The normalized spacial score (nSPS) is 21.7. The molecule has 0 spiro atoms. The predicted octanol–water partition coefficient (Wildman–Crippen LogP) is 5.37. The first-order valence-electron chi connectivity index (χ1n) is 14.2. The van der Waals surface area contributed by atoms with Crippen LogP contribution in [0.4, 0.5) is 0 Å². The molecule has 228 valence electrons. The molecule has 1 saturated heterocycles. The van der Waals surface area contributed by atoms with E-state index in [1.807, 2.05) is 0 Å². The average Bonchev–Trinajstić information content (AvgIpc) is 3.52. The number of aromatic nitrogens is 1. The number of carbonyl (C=O) groups is 3. The number of halogens is 2. The first-order valence-corrected chi connectivity index (χ1v) is 16.5. The minimum Gasteiger partial charge on any atom is -0.434 e. The van der Waals surface area contributed by atoms with Crippen molar-refractivity contribution >= 4 is 61.7 Å². The third kappa shape index (κ3) is 4.71. The van der Waals surface area contributed by atoms with Crippen molar-refractivity contribution in [2.24, 2.45) is 11.7 Å². The van der Waals surface area contributed by atoms with Crippen LogP contribution in [-0.2, 0) is 24.8 Å². The second-order valence-electron chi connectivity index (χ2n) is 11.4. The Morgan fingerprint density at radius 1 is 1.02 bits per heavy atom. The van der Waals surface area contributed by atoms with Crippen LogP contribution in [0.25, 0.3) is 11.1 Å². The number of rotatable bonds is 9. The Morgan fingerprint density at radius 3 is 2.30 bits per heavy atom. The van der Waals surface area contributed by atoms with Crippen LogP contribution in [0.15, 0.2) is 82.1 Å². The number of hydrogen-bond acceptors (Lipinski definition) is 7. The lowest BCUT2D eigenvalue weighted by Crippen LogP contribution is -2.63. The van der Waals surface area contributed by atoms with Gasteiger partial charge in [0.25, 0.3) is 5.89 Å². The number of sulfone groups is 1. The molecule has 1 aliphatic carbocycles. The fourth-order valence-electron chi connectivity index (χ4n) is 6.60. The van der Waals surface area contributed by atoms with Gasteiger partial charge in [0, 0.05) is 11.6 Å². The summed E-state index contributed by atoms with van der Waals surface area (Å²) in [7, 11) is -4.19. The van der Waals surface area contributed by atoms with E-state index in [4.69, 9.17) is 33.4 Å². The highest BCUT2D eigenvalue weighted by molar-refractivity contribution is 7.92. The van der Waals surface area contributed by atoms with Gasteiger partial charge >= 0.3 is 0 Å². The van der Waals surface area contributed by atoms with Crippen molar-refractivity contribution in [1.82, 2.24) is 9.88 Å². The van der Waals surface area contributed by atoms with Gasteiger partial charge in [0.2, 0.25) is 17.6 Å². The summed E-state index contributed by atoms with van der Waals surface area (Å²) in [4.78, 5) is 48.0. The van der Waals surface area contributed by atoms with Gasteiger partial charge in [-0.05, 0) is 67.6 Å². The minimum absolute atomic E-state index is 0.0105. The fourth-order valence-corrected chi connectivity index (χ4v) is 8.97. The van der Waals surface area contributed by atoms with Crippen molar-refractivity contribution < 1.29 is 27.2 Å². The number of para-hydroxylation sites is 2.